The number of nitrogens with zero attached hydrogens (tertiary/aromatic N) is 4. The summed E-state index contributed by atoms with van der Waals surface area (Å²) in [7, 11) is -4.18. The average molecular weight is 522 g/mol. The fourth-order valence-corrected chi connectivity index (χ4v) is 5.46. The Morgan fingerprint density at radius 1 is 0.973 bits per heavy atom. The van der Waals surface area contributed by atoms with Gasteiger partial charge < -0.3 is 0 Å². The van der Waals surface area contributed by atoms with E-state index in [-0.39, 0.29) is 16.3 Å². The third-order valence-corrected chi connectivity index (χ3v) is 7.76. The zero-order valence-electron chi connectivity index (χ0n) is 20.1. The normalized spacial score (nSPS) is 14.1. The molecule has 0 spiro atoms. The molecule has 0 saturated carbocycles. The van der Waals surface area contributed by atoms with Crippen LogP contribution in [0.2, 0.25) is 0 Å². The van der Waals surface area contributed by atoms with Crippen molar-refractivity contribution in [2.75, 3.05) is 23.9 Å². The lowest BCUT2D eigenvalue weighted by Gasteiger charge is -2.27. The molecule has 4 rings (SSSR count). The number of hydrogen-bond acceptors (Lipinski definition) is 7. The first-order chi connectivity index (χ1) is 17.8. The maximum atomic E-state index is 13.4. The SMILES string of the molecule is O=C(CN(c1cccc([N+](=O)[O-])c1)S(=O)(=O)c1ccccc1)NN=C1CCN(Cc2ccccc2)CC1. The van der Waals surface area contributed by atoms with Crippen LogP contribution in [-0.4, -0.2) is 49.5 Å². The lowest BCUT2D eigenvalue weighted by Crippen LogP contribution is -2.40. The Balaban J connectivity index is 1.45. The summed E-state index contributed by atoms with van der Waals surface area (Å²) in [6, 6.07) is 23.0. The molecule has 1 fully saturated rings. The number of anilines is 1. The van der Waals surface area contributed by atoms with Crippen LogP contribution in [-0.2, 0) is 21.4 Å². The summed E-state index contributed by atoms with van der Waals surface area (Å²) >= 11 is 0. The van der Waals surface area contributed by atoms with Crippen molar-refractivity contribution in [1.82, 2.24) is 10.3 Å². The Hall–Kier alpha value is -4.09. The summed E-state index contributed by atoms with van der Waals surface area (Å²) < 4.78 is 27.6. The Morgan fingerprint density at radius 2 is 1.62 bits per heavy atom. The van der Waals surface area contributed by atoms with E-state index in [1.54, 1.807) is 18.2 Å². The molecule has 192 valence electrons. The van der Waals surface area contributed by atoms with Gasteiger partial charge in [-0.3, -0.25) is 24.1 Å². The third-order valence-electron chi connectivity index (χ3n) is 5.97. The number of carbonyl (C=O) groups excluding carboxylic acids is 1. The van der Waals surface area contributed by atoms with E-state index >= 15 is 0 Å². The first-order valence-corrected chi connectivity index (χ1v) is 13.2. The van der Waals surface area contributed by atoms with E-state index in [4.69, 9.17) is 0 Å². The highest BCUT2D eigenvalue weighted by atomic mass is 32.2. The number of likely N-dealkylation sites (tertiary alicyclic amines) is 1. The monoisotopic (exact) mass is 521 g/mol. The molecule has 1 amide bonds. The number of non-ortho nitro benzene ring substituents is 1. The number of rotatable bonds is 9. The number of hydrogen-bond donors (Lipinski definition) is 1. The molecule has 0 radical (unpaired) electrons. The first kappa shape index (κ1) is 26.0. The standard InChI is InChI=1S/C26H27N5O5S/c32-26(28-27-22-14-16-29(17-15-22)19-21-8-3-1-4-9-21)20-30(23-10-7-11-24(18-23)31(33)34)37(35,36)25-12-5-2-6-13-25/h1-13,18H,14-17,19-20H2,(H,28,32). The van der Waals surface area contributed by atoms with E-state index in [0.717, 1.165) is 35.7 Å². The average Bonchev–Trinajstić information content (AvgIpc) is 2.92. The minimum absolute atomic E-state index is 0.00933. The number of nitrogens with one attached hydrogen (secondary N) is 1. The van der Waals surface area contributed by atoms with Gasteiger partial charge in [0.1, 0.15) is 6.54 Å². The number of amides is 1. The van der Waals surface area contributed by atoms with Gasteiger partial charge in [0.15, 0.2) is 0 Å². The van der Waals surface area contributed by atoms with Gasteiger partial charge in [-0.1, -0.05) is 54.6 Å². The van der Waals surface area contributed by atoms with Gasteiger partial charge in [-0.05, 0) is 23.8 Å². The van der Waals surface area contributed by atoms with Gasteiger partial charge in [-0.25, -0.2) is 13.8 Å². The molecule has 1 aliphatic rings. The van der Waals surface area contributed by atoms with Gasteiger partial charge in [0, 0.05) is 50.3 Å². The minimum atomic E-state index is -4.18. The third kappa shape index (κ3) is 6.78. The van der Waals surface area contributed by atoms with Crippen LogP contribution in [0, 0.1) is 10.1 Å². The van der Waals surface area contributed by atoms with Gasteiger partial charge in [-0.2, -0.15) is 5.10 Å². The molecule has 3 aromatic rings. The number of carbonyl (C=O) groups is 1. The molecule has 1 saturated heterocycles. The van der Waals surface area contributed by atoms with Crippen molar-refractivity contribution in [3.8, 4) is 0 Å². The molecule has 0 aliphatic carbocycles. The predicted octanol–water partition coefficient (Wildman–Crippen LogP) is 3.56. The van der Waals surface area contributed by atoms with Gasteiger partial charge in [0.25, 0.3) is 21.6 Å². The fraction of sp³-hybridized carbons (Fsp3) is 0.231. The summed E-state index contributed by atoms with van der Waals surface area (Å²) in [5, 5.41) is 15.5. The maximum Gasteiger partial charge on any atom is 0.271 e. The second-order valence-electron chi connectivity index (χ2n) is 8.58. The van der Waals surface area contributed by atoms with Gasteiger partial charge in [-0.15, -0.1) is 0 Å². The van der Waals surface area contributed by atoms with E-state index in [2.05, 4.69) is 27.6 Å². The van der Waals surface area contributed by atoms with Crippen molar-refractivity contribution in [2.24, 2.45) is 5.10 Å². The summed E-state index contributed by atoms with van der Waals surface area (Å²) in [6.45, 7) is 1.85. The molecular weight excluding hydrogens is 494 g/mol. The van der Waals surface area contributed by atoms with Crippen LogP contribution in [0.15, 0.2) is 94.9 Å². The molecule has 1 N–H and O–H groups in total. The van der Waals surface area contributed by atoms with Crippen molar-refractivity contribution in [3.63, 3.8) is 0 Å². The quantitative estimate of drug-likeness (QED) is 0.339. The van der Waals surface area contributed by atoms with Crippen LogP contribution in [0.4, 0.5) is 11.4 Å². The number of nitro groups is 1. The smallest absolute Gasteiger partial charge is 0.271 e. The summed E-state index contributed by atoms with van der Waals surface area (Å²) in [6.07, 6.45) is 1.37. The van der Waals surface area contributed by atoms with E-state index in [1.807, 2.05) is 18.2 Å². The Kier molecular flexibility index (Phi) is 8.26. The molecule has 1 aliphatic heterocycles. The molecule has 3 aromatic carbocycles. The van der Waals surface area contributed by atoms with Crippen LogP contribution in [0.1, 0.15) is 18.4 Å². The van der Waals surface area contributed by atoms with Crippen molar-refractivity contribution in [1.29, 1.82) is 0 Å². The summed E-state index contributed by atoms with van der Waals surface area (Å²) in [5.41, 5.74) is 4.25. The molecule has 1 heterocycles. The van der Waals surface area contributed by atoms with Crippen LogP contribution in [0.5, 0.6) is 0 Å². The highest BCUT2D eigenvalue weighted by molar-refractivity contribution is 7.92. The lowest BCUT2D eigenvalue weighted by atomic mass is 10.1. The Bertz CT molecular complexity index is 1370. The fourth-order valence-electron chi connectivity index (χ4n) is 4.03. The summed E-state index contributed by atoms with van der Waals surface area (Å²) in [5.74, 6) is -0.648. The predicted molar refractivity (Wildman–Crippen MR) is 141 cm³/mol. The highest BCUT2D eigenvalue weighted by Crippen LogP contribution is 2.26. The first-order valence-electron chi connectivity index (χ1n) is 11.8. The molecule has 37 heavy (non-hydrogen) atoms. The molecule has 0 bridgehead atoms. The topological polar surface area (TPSA) is 125 Å². The van der Waals surface area contributed by atoms with Crippen molar-refractivity contribution < 1.29 is 18.1 Å². The lowest BCUT2D eigenvalue weighted by molar-refractivity contribution is -0.384. The molecule has 0 aromatic heterocycles. The number of sulfonamides is 1. The molecule has 11 heteroatoms. The molecule has 0 unspecified atom stereocenters. The zero-order valence-corrected chi connectivity index (χ0v) is 20.9. The number of benzene rings is 3. The van der Waals surface area contributed by atoms with Crippen LogP contribution >= 0.6 is 0 Å². The second kappa shape index (κ2) is 11.8. The van der Waals surface area contributed by atoms with Crippen LogP contribution in [0.25, 0.3) is 0 Å². The molecule has 0 atom stereocenters. The minimum Gasteiger partial charge on any atom is -0.298 e. The largest absolute Gasteiger partial charge is 0.298 e. The molecule has 10 nitrogen and oxygen atoms in total. The Morgan fingerprint density at radius 3 is 2.27 bits per heavy atom. The number of piperidine rings is 1. The highest BCUT2D eigenvalue weighted by Gasteiger charge is 2.28. The van der Waals surface area contributed by atoms with E-state index in [9.17, 15) is 23.3 Å². The number of hydrazone groups is 1. The Labute approximate surface area is 215 Å². The zero-order chi connectivity index (χ0) is 26.3. The van der Waals surface area contributed by atoms with Crippen molar-refractivity contribution in [2.45, 2.75) is 24.3 Å². The second-order valence-corrected chi connectivity index (χ2v) is 10.4. The van der Waals surface area contributed by atoms with E-state index < -0.39 is 27.4 Å². The molecular formula is C26H27N5O5S. The van der Waals surface area contributed by atoms with Crippen molar-refractivity contribution >= 4 is 33.0 Å². The summed E-state index contributed by atoms with van der Waals surface area (Å²) in [4.78, 5) is 25.7. The van der Waals surface area contributed by atoms with Gasteiger partial charge in [0.05, 0.1) is 15.5 Å². The van der Waals surface area contributed by atoms with E-state index in [0.29, 0.717) is 12.8 Å². The van der Waals surface area contributed by atoms with Crippen molar-refractivity contribution in [3.05, 3.63) is 101 Å². The van der Waals surface area contributed by atoms with Crippen LogP contribution in [0.3, 0.4) is 0 Å². The maximum absolute atomic E-state index is 13.4. The van der Waals surface area contributed by atoms with E-state index in [1.165, 1.54) is 35.9 Å². The van der Waals surface area contributed by atoms with Gasteiger partial charge >= 0.3 is 0 Å². The number of nitro benzene ring substituents is 1. The van der Waals surface area contributed by atoms with Crippen LogP contribution < -0.4 is 9.73 Å². The van der Waals surface area contributed by atoms with Gasteiger partial charge in [0.2, 0.25) is 0 Å².